The summed E-state index contributed by atoms with van der Waals surface area (Å²) in [7, 11) is 4.32. The minimum atomic E-state index is 0.138. The Hall–Kier alpha value is -2.30. The lowest BCUT2D eigenvalue weighted by Crippen LogP contribution is -1.91. The van der Waals surface area contributed by atoms with Crippen molar-refractivity contribution in [2.24, 2.45) is 0 Å². The van der Waals surface area contributed by atoms with Crippen LogP contribution in [0.2, 0.25) is 0 Å². The first-order chi connectivity index (χ1) is 8.71. The highest BCUT2D eigenvalue weighted by molar-refractivity contribution is 5.71. The lowest BCUT2D eigenvalue weighted by molar-refractivity contribution is -0.107. The monoisotopic (exact) mass is 252 g/mol. The van der Waals surface area contributed by atoms with Crippen LogP contribution in [0.4, 0.5) is 0 Å². The highest BCUT2D eigenvalue weighted by Gasteiger charge is 1.96. The fourth-order valence-electron chi connectivity index (χ4n) is 0.946. The minimum Gasteiger partial charge on any atom is -0.497 e. The first kappa shape index (κ1) is 15.7. The number of carbonyl (C=O) groups is 2. The normalized spacial score (nSPS) is 13.4. The number of rotatable bonds is 8. The van der Waals surface area contributed by atoms with Crippen molar-refractivity contribution in [3.8, 4) is 0 Å². The van der Waals surface area contributed by atoms with Gasteiger partial charge in [0.25, 0.3) is 0 Å². The zero-order valence-corrected chi connectivity index (χ0v) is 10.6. The number of carbonyl (C=O) groups excluding carboxylic acids is 2. The van der Waals surface area contributed by atoms with E-state index in [-0.39, 0.29) is 5.76 Å². The molecule has 0 radical (unpaired) electrons. The molecule has 0 aliphatic rings. The second-order valence-electron chi connectivity index (χ2n) is 2.91. The van der Waals surface area contributed by atoms with Crippen LogP contribution in [0.25, 0.3) is 0 Å². The van der Waals surface area contributed by atoms with Crippen LogP contribution in [0.15, 0.2) is 47.7 Å². The molecule has 0 aliphatic carbocycles. The molecule has 0 aromatic heterocycles. The van der Waals surface area contributed by atoms with E-state index in [4.69, 9.17) is 14.2 Å². The van der Waals surface area contributed by atoms with Crippen molar-refractivity contribution in [3.05, 3.63) is 47.7 Å². The highest BCUT2D eigenvalue weighted by atomic mass is 16.5. The molecule has 0 fully saturated rings. The molecule has 0 amide bonds. The Kier molecular flexibility index (Phi) is 8.63. The lowest BCUT2D eigenvalue weighted by Gasteiger charge is -2.02. The third-order valence-corrected chi connectivity index (χ3v) is 1.86. The van der Waals surface area contributed by atoms with Gasteiger partial charge in [0.1, 0.15) is 17.8 Å². The van der Waals surface area contributed by atoms with Gasteiger partial charge in [0.2, 0.25) is 0 Å². The predicted molar refractivity (Wildman–Crippen MR) is 66.5 cm³/mol. The third-order valence-electron chi connectivity index (χ3n) is 1.86. The van der Waals surface area contributed by atoms with Gasteiger partial charge in [-0.1, -0.05) is 0 Å². The van der Waals surface area contributed by atoms with Gasteiger partial charge in [-0.05, 0) is 24.3 Å². The van der Waals surface area contributed by atoms with Crippen LogP contribution in [0.1, 0.15) is 0 Å². The predicted octanol–water partition coefficient (Wildman–Crippen LogP) is 1.53. The maximum absolute atomic E-state index is 10.6. The summed E-state index contributed by atoms with van der Waals surface area (Å²) < 4.78 is 14.8. The molecule has 0 atom stereocenters. The number of ether oxygens (including phenoxy) is 3. The molecule has 0 aliphatic heterocycles. The Morgan fingerprint density at radius 3 is 1.83 bits per heavy atom. The Labute approximate surface area is 106 Å². The van der Waals surface area contributed by atoms with E-state index in [2.05, 4.69) is 0 Å². The molecule has 18 heavy (non-hydrogen) atoms. The number of allylic oxidation sites excluding steroid dienone is 6. The maximum Gasteiger partial charge on any atom is 0.184 e. The summed E-state index contributed by atoms with van der Waals surface area (Å²) in [5.41, 5.74) is 0. The van der Waals surface area contributed by atoms with Crippen LogP contribution in [0.5, 0.6) is 0 Å². The Bertz CT molecular complexity index is 388. The molecule has 98 valence electrons. The third kappa shape index (κ3) is 6.32. The van der Waals surface area contributed by atoms with Crippen molar-refractivity contribution in [1.82, 2.24) is 0 Å². The first-order valence-corrected chi connectivity index (χ1v) is 5.04. The van der Waals surface area contributed by atoms with Crippen LogP contribution in [-0.2, 0) is 23.8 Å². The van der Waals surface area contributed by atoms with Crippen molar-refractivity contribution in [2.45, 2.75) is 0 Å². The number of hydrogen-bond acceptors (Lipinski definition) is 5. The Morgan fingerprint density at radius 2 is 1.39 bits per heavy atom. The quantitative estimate of drug-likeness (QED) is 0.284. The zero-order valence-electron chi connectivity index (χ0n) is 10.6. The molecule has 0 aromatic carbocycles. The second kappa shape index (κ2) is 9.89. The van der Waals surface area contributed by atoms with Crippen LogP contribution < -0.4 is 0 Å². The van der Waals surface area contributed by atoms with Crippen LogP contribution >= 0.6 is 0 Å². The largest absolute Gasteiger partial charge is 0.497 e. The first-order valence-electron chi connectivity index (χ1n) is 5.04. The maximum atomic E-state index is 10.6. The molecule has 0 rings (SSSR count). The highest BCUT2D eigenvalue weighted by Crippen LogP contribution is 2.05. The van der Waals surface area contributed by atoms with Gasteiger partial charge >= 0.3 is 0 Å². The molecule has 0 spiro atoms. The van der Waals surface area contributed by atoms with Crippen molar-refractivity contribution in [2.75, 3.05) is 21.3 Å². The molecule has 0 saturated carbocycles. The number of aldehydes is 2. The van der Waals surface area contributed by atoms with E-state index >= 15 is 0 Å². The molecule has 0 saturated heterocycles. The summed E-state index contributed by atoms with van der Waals surface area (Å²) in [6, 6.07) is 0. The van der Waals surface area contributed by atoms with E-state index < -0.39 is 0 Å². The van der Waals surface area contributed by atoms with Gasteiger partial charge < -0.3 is 14.2 Å². The summed E-state index contributed by atoms with van der Waals surface area (Å²) in [6.45, 7) is 0. The van der Waals surface area contributed by atoms with E-state index in [9.17, 15) is 9.59 Å². The molecule has 0 aromatic rings. The summed E-state index contributed by atoms with van der Waals surface area (Å²) in [5, 5.41) is 0. The fraction of sp³-hybridized carbons (Fsp3) is 0.231. The molecular formula is C13H16O5. The van der Waals surface area contributed by atoms with Crippen LogP contribution in [0, 0.1) is 0 Å². The topological polar surface area (TPSA) is 61.8 Å². The fourth-order valence-corrected chi connectivity index (χ4v) is 0.946. The standard InChI is InChI=1S/C13H16O5/c1-16-11(5-4-8-14)6-7-12(17-2)9-13(10-15)18-3/h4-10H,1-3H3. The van der Waals surface area contributed by atoms with E-state index in [0.717, 1.165) is 0 Å². The molecule has 0 heterocycles. The molecular weight excluding hydrogens is 236 g/mol. The molecule has 0 bridgehead atoms. The number of methoxy groups -OCH3 is 3. The molecule has 5 heteroatoms. The number of hydrogen-bond donors (Lipinski definition) is 0. The smallest absolute Gasteiger partial charge is 0.184 e. The lowest BCUT2D eigenvalue weighted by atomic mass is 10.3. The van der Waals surface area contributed by atoms with Gasteiger partial charge in [0, 0.05) is 6.08 Å². The molecule has 0 N–H and O–H groups in total. The van der Waals surface area contributed by atoms with Crippen molar-refractivity contribution in [1.29, 1.82) is 0 Å². The van der Waals surface area contributed by atoms with Crippen molar-refractivity contribution >= 4 is 12.6 Å². The molecule has 5 nitrogen and oxygen atoms in total. The van der Waals surface area contributed by atoms with Gasteiger partial charge in [0.05, 0.1) is 21.3 Å². The second-order valence-corrected chi connectivity index (χ2v) is 2.91. The average Bonchev–Trinajstić information content (AvgIpc) is 2.42. The van der Waals surface area contributed by atoms with Gasteiger partial charge in [-0.15, -0.1) is 0 Å². The van der Waals surface area contributed by atoms with Crippen molar-refractivity contribution in [3.63, 3.8) is 0 Å². The Balaban J connectivity index is 5.04. The summed E-state index contributed by atoms with van der Waals surface area (Å²) >= 11 is 0. The summed E-state index contributed by atoms with van der Waals surface area (Å²) in [4.78, 5) is 20.7. The minimum absolute atomic E-state index is 0.138. The van der Waals surface area contributed by atoms with E-state index in [1.165, 1.54) is 39.6 Å². The SMILES string of the molecule is COC(C=CC=O)=CC=C(C=C(C=O)OC)OC. The summed E-state index contributed by atoms with van der Waals surface area (Å²) in [5.74, 6) is 1.02. The van der Waals surface area contributed by atoms with E-state index in [0.29, 0.717) is 24.1 Å². The summed E-state index contributed by atoms with van der Waals surface area (Å²) in [6.07, 6.45) is 8.61. The van der Waals surface area contributed by atoms with Crippen LogP contribution in [0.3, 0.4) is 0 Å². The van der Waals surface area contributed by atoms with Crippen LogP contribution in [-0.4, -0.2) is 33.9 Å². The van der Waals surface area contributed by atoms with Gasteiger partial charge in [-0.3, -0.25) is 9.59 Å². The van der Waals surface area contributed by atoms with Gasteiger partial charge in [-0.25, -0.2) is 0 Å². The zero-order chi connectivity index (χ0) is 13.8. The van der Waals surface area contributed by atoms with Gasteiger partial charge in [0.15, 0.2) is 12.0 Å². The molecule has 0 unspecified atom stereocenters. The van der Waals surface area contributed by atoms with Crippen molar-refractivity contribution < 1.29 is 23.8 Å². The Morgan fingerprint density at radius 1 is 0.833 bits per heavy atom. The van der Waals surface area contributed by atoms with Gasteiger partial charge in [-0.2, -0.15) is 0 Å². The average molecular weight is 252 g/mol. The van der Waals surface area contributed by atoms with E-state index in [1.807, 2.05) is 0 Å². The van der Waals surface area contributed by atoms with E-state index in [1.54, 1.807) is 12.2 Å².